The molecule has 0 aliphatic carbocycles. The lowest BCUT2D eigenvalue weighted by atomic mass is 10.1. The SMILES string of the molecule is O=C(O)C=Cc1c(-c2ccc(Br)cc2)nc2ccc(Br)cn12. The van der Waals surface area contributed by atoms with Gasteiger partial charge in [0, 0.05) is 26.8 Å². The number of rotatable bonds is 3. The molecule has 0 amide bonds. The van der Waals surface area contributed by atoms with Gasteiger partial charge < -0.3 is 5.11 Å². The maximum atomic E-state index is 10.9. The van der Waals surface area contributed by atoms with E-state index in [-0.39, 0.29) is 0 Å². The van der Waals surface area contributed by atoms with Crippen molar-refractivity contribution in [1.29, 1.82) is 0 Å². The van der Waals surface area contributed by atoms with Crippen LogP contribution in [-0.4, -0.2) is 20.5 Å². The quantitative estimate of drug-likeness (QED) is 0.627. The van der Waals surface area contributed by atoms with Crippen LogP contribution in [0.25, 0.3) is 23.0 Å². The summed E-state index contributed by atoms with van der Waals surface area (Å²) < 4.78 is 3.73. The fourth-order valence-electron chi connectivity index (χ4n) is 2.17. The highest BCUT2D eigenvalue weighted by Gasteiger charge is 2.12. The molecule has 110 valence electrons. The molecule has 3 aromatic rings. The predicted octanol–water partition coefficient (Wildman–Crippen LogP) is 4.62. The third kappa shape index (κ3) is 2.98. The number of aromatic nitrogens is 2. The number of imidazole rings is 1. The van der Waals surface area contributed by atoms with E-state index in [1.165, 1.54) is 0 Å². The molecule has 0 bridgehead atoms. The summed E-state index contributed by atoms with van der Waals surface area (Å²) in [6.07, 6.45) is 4.55. The number of benzene rings is 1. The van der Waals surface area contributed by atoms with E-state index >= 15 is 0 Å². The molecule has 0 atom stereocenters. The number of hydrogen-bond acceptors (Lipinski definition) is 2. The van der Waals surface area contributed by atoms with Crippen molar-refractivity contribution in [3.05, 3.63) is 63.3 Å². The molecule has 2 heterocycles. The zero-order valence-corrected chi connectivity index (χ0v) is 14.4. The molecule has 1 aromatic carbocycles. The summed E-state index contributed by atoms with van der Waals surface area (Å²) in [4.78, 5) is 15.5. The van der Waals surface area contributed by atoms with E-state index in [9.17, 15) is 4.79 Å². The van der Waals surface area contributed by atoms with Gasteiger partial charge in [-0.15, -0.1) is 0 Å². The number of pyridine rings is 1. The lowest BCUT2D eigenvalue weighted by Gasteiger charge is -2.01. The maximum Gasteiger partial charge on any atom is 0.328 e. The molecule has 3 rings (SSSR count). The van der Waals surface area contributed by atoms with E-state index in [1.807, 2.05) is 47.0 Å². The molecule has 0 saturated carbocycles. The van der Waals surface area contributed by atoms with Gasteiger partial charge in [-0.05, 0) is 46.3 Å². The van der Waals surface area contributed by atoms with Gasteiger partial charge in [0.2, 0.25) is 0 Å². The van der Waals surface area contributed by atoms with Crippen molar-refractivity contribution in [3.8, 4) is 11.3 Å². The van der Waals surface area contributed by atoms with Gasteiger partial charge in [-0.25, -0.2) is 9.78 Å². The summed E-state index contributed by atoms with van der Waals surface area (Å²) >= 11 is 6.83. The van der Waals surface area contributed by atoms with Crippen LogP contribution >= 0.6 is 31.9 Å². The maximum absolute atomic E-state index is 10.9. The van der Waals surface area contributed by atoms with E-state index in [4.69, 9.17) is 5.11 Å². The summed E-state index contributed by atoms with van der Waals surface area (Å²) in [5.74, 6) is -0.994. The predicted molar refractivity (Wildman–Crippen MR) is 92.7 cm³/mol. The standard InChI is InChI=1S/C16H10Br2N2O2/c17-11-3-1-10(2-4-11)16-13(6-8-15(21)22)20-9-12(18)5-7-14(20)19-16/h1-9H,(H,21,22). The van der Waals surface area contributed by atoms with E-state index < -0.39 is 5.97 Å². The second-order valence-electron chi connectivity index (χ2n) is 4.60. The topological polar surface area (TPSA) is 54.6 Å². The highest BCUT2D eigenvalue weighted by atomic mass is 79.9. The van der Waals surface area contributed by atoms with Crippen LogP contribution in [0.1, 0.15) is 5.69 Å². The summed E-state index contributed by atoms with van der Waals surface area (Å²) in [6, 6.07) is 11.5. The molecule has 0 aliphatic rings. The van der Waals surface area contributed by atoms with Gasteiger partial charge in [-0.2, -0.15) is 0 Å². The van der Waals surface area contributed by atoms with Crippen molar-refractivity contribution < 1.29 is 9.90 Å². The van der Waals surface area contributed by atoms with Gasteiger partial charge >= 0.3 is 5.97 Å². The molecule has 4 nitrogen and oxygen atoms in total. The lowest BCUT2D eigenvalue weighted by Crippen LogP contribution is -1.91. The Morgan fingerprint density at radius 2 is 1.77 bits per heavy atom. The van der Waals surface area contributed by atoms with Gasteiger partial charge in [-0.3, -0.25) is 4.40 Å². The van der Waals surface area contributed by atoms with Crippen LogP contribution in [0.2, 0.25) is 0 Å². The van der Waals surface area contributed by atoms with E-state index in [0.717, 1.165) is 37.6 Å². The van der Waals surface area contributed by atoms with Crippen molar-refractivity contribution in [2.24, 2.45) is 0 Å². The normalized spacial score (nSPS) is 11.4. The molecular weight excluding hydrogens is 412 g/mol. The zero-order chi connectivity index (χ0) is 15.7. The van der Waals surface area contributed by atoms with E-state index in [0.29, 0.717) is 0 Å². The Bertz CT molecular complexity index is 883. The zero-order valence-electron chi connectivity index (χ0n) is 11.2. The summed E-state index contributed by atoms with van der Waals surface area (Å²) in [5, 5.41) is 8.90. The number of carbonyl (C=O) groups is 1. The molecule has 1 N–H and O–H groups in total. The molecule has 0 fully saturated rings. The van der Waals surface area contributed by atoms with Crippen molar-refractivity contribution in [3.63, 3.8) is 0 Å². The average molecular weight is 422 g/mol. The first-order valence-electron chi connectivity index (χ1n) is 6.39. The summed E-state index contributed by atoms with van der Waals surface area (Å²) in [7, 11) is 0. The monoisotopic (exact) mass is 420 g/mol. The van der Waals surface area contributed by atoms with Crippen molar-refractivity contribution >= 4 is 49.6 Å². The van der Waals surface area contributed by atoms with Crippen LogP contribution in [-0.2, 0) is 4.79 Å². The Kier molecular flexibility index (Phi) is 4.13. The van der Waals surface area contributed by atoms with Crippen LogP contribution < -0.4 is 0 Å². The van der Waals surface area contributed by atoms with Crippen LogP contribution in [0.4, 0.5) is 0 Å². The summed E-state index contributed by atoms with van der Waals surface area (Å²) in [5.41, 5.74) is 3.14. The third-order valence-electron chi connectivity index (χ3n) is 3.12. The van der Waals surface area contributed by atoms with Crippen LogP contribution in [0.15, 0.2) is 57.6 Å². The molecule has 0 spiro atoms. The van der Waals surface area contributed by atoms with Crippen molar-refractivity contribution in [1.82, 2.24) is 9.38 Å². The van der Waals surface area contributed by atoms with Gasteiger partial charge in [-0.1, -0.05) is 28.1 Å². The molecule has 0 saturated heterocycles. The van der Waals surface area contributed by atoms with Crippen LogP contribution in [0.3, 0.4) is 0 Å². The first-order chi connectivity index (χ1) is 10.5. The van der Waals surface area contributed by atoms with Crippen LogP contribution in [0.5, 0.6) is 0 Å². The minimum atomic E-state index is -0.994. The van der Waals surface area contributed by atoms with Gasteiger partial charge in [0.1, 0.15) is 5.65 Å². The van der Waals surface area contributed by atoms with Crippen molar-refractivity contribution in [2.45, 2.75) is 0 Å². The Labute approximate surface area is 143 Å². The second kappa shape index (κ2) is 6.06. The Morgan fingerprint density at radius 1 is 1.09 bits per heavy atom. The lowest BCUT2D eigenvalue weighted by molar-refractivity contribution is -0.131. The summed E-state index contributed by atoms with van der Waals surface area (Å²) in [6.45, 7) is 0. The van der Waals surface area contributed by atoms with Gasteiger partial charge in [0.25, 0.3) is 0 Å². The highest BCUT2D eigenvalue weighted by Crippen LogP contribution is 2.28. The first kappa shape index (κ1) is 15.0. The highest BCUT2D eigenvalue weighted by molar-refractivity contribution is 9.10. The number of aliphatic carboxylic acids is 1. The fourth-order valence-corrected chi connectivity index (χ4v) is 2.77. The number of carboxylic acids is 1. The molecule has 2 aromatic heterocycles. The Balaban J connectivity index is 2.26. The number of nitrogens with zero attached hydrogens (tertiary/aromatic N) is 2. The van der Waals surface area contributed by atoms with E-state index in [2.05, 4.69) is 36.8 Å². The molecule has 6 heteroatoms. The molecule has 0 unspecified atom stereocenters. The van der Waals surface area contributed by atoms with Gasteiger partial charge in [0.15, 0.2) is 0 Å². The minimum absolute atomic E-state index is 0.723. The smallest absolute Gasteiger partial charge is 0.328 e. The fraction of sp³-hybridized carbons (Fsp3) is 0. The number of hydrogen-bond donors (Lipinski definition) is 1. The number of carboxylic acid groups (broad SMARTS) is 1. The Morgan fingerprint density at radius 3 is 2.45 bits per heavy atom. The minimum Gasteiger partial charge on any atom is -0.478 e. The number of fused-ring (bicyclic) bond motifs is 1. The number of halogens is 2. The molecule has 22 heavy (non-hydrogen) atoms. The van der Waals surface area contributed by atoms with E-state index in [1.54, 1.807) is 6.08 Å². The average Bonchev–Trinajstić information content (AvgIpc) is 2.83. The van der Waals surface area contributed by atoms with Crippen molar-refractivity contribution in [2.75, 3.05) is 0 Å². The molecule has 0 radical (unpaired) electrons. The van der Waals surface area contributed by atoms with Crippen LogP contribution in [0, 0.1) is 0 Å². The first-order valence-corrected chi connectivity index (χ1v) is 7.98. The van der Waals surface area contributed by atoms with Gasteiger partial charge in [0.05, 0.1) is 11.4 Å². The largest absolute Gasteiger partial charge is 0.478 e. The second-order valence-corrected chi connectivity index (χ2v) is 6.43. The molecule has 0 aliphatic heterocycles. The Hall–Kier alpha value is -1.92. The third-order valence-corrected chi connectivity index (χ3v) is 4.12. The molecular formula is C16H10Br2N2O2.